The first-order valence-electron chi connectivity index (χ1n) is 8.44. The number of nitriles is 1. The normalized spacial score (nSPS) is 16.7. The molecule has 3 N–H and O–H groups in total. The van der Waals surface area contributed by atoms with Crippen molar-refractivity contribution in [2.24, 2.45) is 0 Å². The third kappa shape index (κ3) is 5.48. The summed E-state index contributed by atoms with van der Waals surface area (Å²) in [6.07, 6.45) is 5.31. The Morgan fingerprint density at radius 3 is 2.52 bits per heavy atom. The summed E-state index contributed by atoms with van der Waals surface area (Å²) in [5.41, 5.74) is 0.0725. The lowest BCUT2D eigenvalue weighted by Gasteiger charge is -2.23. The van der Waals surface area contributed by atoms with Crippen molar-refractivity contribution >= 4 is 29.3 Å². The van der Waals surface area contributed by atoms with E-state index in [0.717, 1.165) is 28.3 Å². The molecule has 1 unspecified atom stereocenters. The third-order valence-electron chi connectivity index (χ3n) is 4.36. The number of carbonyl (C=O) groups excluding carboxylic acids is 2. The van der Waals surface area contributed by atoms with Gasteiger partial charge in [-0.25, -0.2) is 0 Å². The topological polar surface area (TPSA) is 86.4 Å². The maximum Gasteiger partial charge on any atom is 0.279 e. The standard InChI is InChI=1S/C18H24N4O2S/c1-22(12-17(24)21-18(13-19)9-5-6-10-18)11-16(23)20-14-7-3-4-8-15(14)25-2/h3-4,7-8H,5-6,9-12H2,1-2H3,(H,20,23)(H,21,24)/p+1. The van der Waals surface area contributed by atoms with Gasteiger partial charge in [-0.15, -0.1) is 11.8 Å². The number of anilines is 1. The fourth-order valence-corrected chi connectivity index (χ4v) is 3.66. The van der Waals surface area contributed by atoms with Gasteiger partial charge in [0.15, 0.2) is 13.1 Å². The highest BCUT2D eigenvalue weighted by Crippen LogP contribution is 2.28. The minimum Gasteiger partial charge on any atom is -0.333 e. The van der Waals surface area contributed by atoms with E-state index in [0.29, 0.717) is 12.8 Å². The molecule has 1 aromatic rings. The first kappa shape index (κ1) is 19.3. The van der Waals surface area contributed by atoms with E-state index >= 15 is 0 Å². The van der Waals surface area contributed by atoms with Crippen LogP contribution in [0, 0.1) is 11.3 Å². The average Bonchev–Trinajstić information content (AvgIpc) is 3.03. The van der Waals surface area contributed by atoms with Crippen LogP contribution in [0.3, 0.4) is 0 Å². The van der Waals surface area contributed by atoms with Crippen LogP contribution in [0.5, 0.6) is 0 Å². The third-order valence-corrected chi connectivity index (χ3v) is 5.15. The van der Waals surface area contributed by atoms with Crippen LogP contribution >= 0.6 is 11.8 Å². The molecule has 1 aromatic carbocycles. The predicted octanol–water partition coefficient (Wildman–Crippen LogP) is 0.814. The Morgan fingerprint density at radius 1 is 1.24 bits per heavy atom. The Balaban J connectivity index is 1.83. The van der Waals surface area contributed by atoms with Gasteiger partial charge in [-0.1, -0.05) is 12.1 Å². The molecule has 2 rings (SSSR count). The van der Waals surface area contributed by atoms with Crippen LogP contribution in [0.1, 0.15) is 25.7 Å². The van der Waals surface area contributed by atoms with E-state index < -0.39 is 5.54 Å². The van der Waals surface area contributed by atoms with Gasteiger partial charge in [-0.2, -0.15) is 5.26 Å². The number of para-hydroxylation sites is 1. The molecule has 0 saturated heterocycles. The van der Waals surface area contributed by atoms with Crippen LogP contribution < -0.4 is 15.5 Å². The molecule has 0 aliphatic heterocycles. The van der Waals surface area contributed by atoms with Gasteiger partial charge >= 0.3 is 0 Å². The number of rotatable bonds is 7. The predicted molar refractivity (Wildman–Crippen MR) is 98.4 cm³/mol. The van der Waals surface area contributed by atoms with Gasteiger partial charge in [-0.3, -0.25) is 9.59 Å². The van der Waals surface area contributed by atoms with E-state index in [4.69, 9.17) is 0 Å². The summed E-state index contributed by atoms with van der Waals surface area (Å²) in [6, 6.07) is 9.87. The lowest BCUT2D eigenvalue weighted by atomic mass is 10.00. The van der Waals surface area contributed by atoms with E-state index in [9.17, 15) is 14.9 Å². The fraction of sp³-hybridized carbons (Fsp3) is 0.500. The van der Waals surface area contributed by atoms with Crippen LogP contribution in [0.25, 0.3) is 0 Å². The molecular formula is C18H25N4O2S+. The Morgan fingerprint density at radius 2 is 1.88 bits per heavy atom. The second-order valence-corrected chi connectivity index (χ2v) is 7.36. The first-order chi connectivity index (χ1) is 12.0. The molecule has 6 nitrogen and oxygen atoms in total. The summed E-state index contributed by atoms with van der Waals surface area (Å²) in [6.45, 7) is 0.358. The lowest BCUT2D eigenvalue weighted by molar-refractivity contribution is -0.862. The minimum atomic E-state index is -0.711. The molecule has 1 fully saturated rings. The summed E-state index contributed by atoms with van der Waals surface area (Å²) in [5.74, 6) is -0.319. The number of hydrogen-bond acceptors (Lipinski definition) is 4. The van der Waals surface area contributed by atoms with Gasteiger partial charge in [-0.05, 0) is 44.1 Å². The number of hydrogen-bond donors (Lipinski definition) is 3. The minimum absolute atomic E-state index is 0.136. The van der Waals surface area contributed by atoms with Crippen molar-refractivity contribution in [3.8, 4) is 6.07 Å². The smallest absolute Gasteiger partial charge is 0.279 e. The highest BCUT2D eigenvalue weighted by atomic mass is 32.2. The Labute approximate surface area is 153 Å². The summed E-state index contributed by atoms with van der Waals surface area (Å²) in [7, 11) is 1.80. The molecule has 0 bridgehead atoms. The molecule has 0 heterocycles. The van der Waals surface area contributed by atoms with Gasteiger partial charge < -0.3 is 15.5 Å². The van der Waals surface area contributed by atoms with Crippen molar-refractivity contribution in [1.82, 2.24) is 5.32 Å². The molecule has 7 heteroatoms. The number of quaternary nitrogens is 1. The zero-order valence-corrected chi connectivity index (χ0v) is 15.5. The molecule has 0 radical (unpaired) electrons. The van der Waals surface area contributed by atoms with Crippen molar-refractivity contribution in [2.45, 2.75) is 36.1 Å². The zero-order valence-electron chi connectivity index (χ0n) is 14.7. The van der Waals surface area contributed by atoms with Crippen molar-refractivity contribution in [2.75, 3.05) is 31.7 Å². The Kier molecular flexibility index (Phi) is 6.85. The maximum absolute atomic E-state index is 12.2. The van der Waals surface area contributed by atoms with Crippen LogP contribution in [0.2, 0.25) is 0 Å². The van der Waals surface area contributed by atoms with Gasteiger partial charge in [0.2, 0.25) is 0 Å². The summed E-state index contributed by atoms with van der Waals surface area (Å²) in [5, 5.41) is 15.1. The Bertz CT molecular complexity index is 665. The molecule has 25 heavy (non-hydrogen) atoms. The van der Waals surface area contributed by atoms with Crippen molar-refractivity contribution in [1.29, 1.82) is 5.26 Å². The molecule has 134 valence electrons. The fourth-order valence-electron chi connectivity index (χ4n) is 3.11. The van der Waals surface area contributed by atoms with E-state index in [1.807, 2.05) is 30.5 Å². The monoisotopic (exact) mass is 361 g/mol. The van der Waals surface area contributed by atoms with Crippen LogP contribution in [0.15, 0.2) is 29.2 Å². The van der Waals surface area contributed by atoms with E-state index in [2.05, 4.69) is 16.7 Å². The summed E-state index contributed by atoms with van der Waals surface area (Å²) >= 11 is 1.57. The maximum atomic E-state index is 12.2. The van der Waals surface area contributed by atoms with E-state index in [1.54, 1.807) is 18.8 Å². The number of benzene rings is 1. The lowest BCUT2D eigenvalue weighted by Crippen LogP contribution is -3.11. The van der Waals surface area contributed by atoms with Crippen LogP contribution in [-0.4, -0.2) is 43.7 Å². The highest BCUT2D eigenvalue weighted by Gasteiger charge is 2.35. The van der Waals surface area contributed by atoms with Crippen molar-refractivity contribution < 1.29 is 14.5 Å². The van der Waals surface area contributed by atoms with Crippen LogP contribution in [0.4, 0.5) is 5.69 Å². The number of likely N-dealkylation sites (N-methyl/N-ethyl adjacent to an activating group) is 1. The van der Waals surface area contributed by atoms with Crippen molar-refractivity contribution in [3.05, 3.63) is 24.3 Å². The van der Waals surface area contributed by atoms with Crippen LogP contribution in [-0.2, 0) is 9.59 Å². The Hall–Kier alpha value is -2.04. The molecule has 0 spiro atoms. The molecule has 1 atom stereocenters. The summed E-state index contributed by atoms with van der Waals surface area (Å²) in [4.78, 5) is 26.2. The molecule has 0 aromatic heterocycles. The molecule has 1 aliphatic rings. The quantitative estimate of drug-likeness (QED) is 0.628. The van der Waals surface area contributed by atoms with Gasteiger partial charge in [0.05, 0.1) is 18.8 Å². The number of nitrogens with one attached hydrogen (secondary N) is 3. The largest absolute Gasteiger partial charge is 0.333 e. The SMILES string of the molecule is CSc1ccccc1NC(=O)C[NH+](C)CC(=O)NC1(C#N)CCCC1. The van der Waals surface area contributed by atoms with Gasteiger partial charge in [0.1, 0.15) is 5.54 Å². The second-order valence-electron chi connectivity index (χ2n) is 6.51. The van der Waals surface area contributed by atoms with Gasteiger partial charge in [0.25, 0.3) is 11.8 Å². The molecule has 1 saturated carbocycles. The number of nitrogens with zero attached hydrogens (tertiary/aromatic N) is 1. The van der Waals surface area contributed by atoms with E-state index in [1.165, 1.54) is 0 Å². The molecule has 1 aliphatic carbocycles. The van der Waals surface area contributed by atoms with Crippen molar-refractivity contribution in [3.63, 3.8) is 0 Å². The van der Waals surface area contributed by atoms with Gasteiger partial charge in [0, 0.05) is 4.90 Å². The molecule has 2 amide bonds. The van der Waals surface area contributed by atoms with E-state index in [-0.39, 0.29) is 24.9 Å². The number of carbonyl (C=O) groups is 2. The second kappa shape index (κ2) is 8.88. The zero-order chi connectivity index (χ0) is 18.3. The summed E-state index contributed by atoms with van der Waals surface area (Å²) < 4.78 is 0. The number of thioether (sulfide) groups is 1. The molecular weight excluding hydrogens is 336 g/mol. The number of amides is 2. The highest BCUT2D eigenvalue weighted by molar-refractivity contribution is 7.98. The first-order valence-corrected chi connectivity index (χ1v) is 9.67. The average molecular weight is 361 g/mol.